The summed E-state index contributed by atoms with van der Waals surface area (Å²) in [5.41, 5.74) is 0.500. The molecule has 0 fully saturated rings. The molecule has 0 aliphatic rings. The van der Waals surface area contributed by atoms with Gasteiger partial charge in [0.25, 0.3) is 0 Å². The van der Waals surface area contributed by atoms with Gasteiger partial charge in [0, 0.05) is 23.1 Å². The zero-order chi connectivity index (χ0) is 14.3. The van der Waals surface area contributed by atoms with Crippen molar-refractivity contribution in [1.82, 2.24) is 5.32 Å². The Labute approximate surface area is 119 Å². The van der Waals surface area contributed by atoms with Crippen molar-refractivity contribution in [2.75, 3.05) is 11.9 Å². The number of halogens is 1. The molecule has 0 saturated heterocycles. The number of hydrogen-bond acceptors (Lipinski definition) is 2. The van der Waals surface area contributed by atoms with Gasteiger partial charge in [-0.05, 0) is 40.5 Å². The molecule has 2 amide bonds. The number of unbranched alkanes of at least 4 members (excludes halogenated alkanes) is 1. The van der Waals surface area contributed by atoms with E-state index in [1.807, 2.05) is 0 Å². The molecule has 0 heterocycles. The molecule has 0 aliphatic heterocycles. The van der Waals surface area contributed by atoms with E-state index < -0.39 is 12.0 Å². The Morgan fingerprint density at radius 2 is 2.16 bits per heavy atom. The number of aromatic carboxylic acids is 1. The lowest BCUT2D eigenvalue weighted by atomic mass is 10.2. The number of carboxylic acids is 1. The van der Waals surface area contributed by atoms with Gasteiger partial charge in [-0.2, -0.15) is 0 Å². The van der Waals surface area contributed by atoms with Crippen LogP contribution in [0.25, 0.3) is 0 Å². The molecule has 0 bridgehead atoms. The smallest absolute Gasteiger partial charge is 0.336 e. The molecule has 100 valence electrons. The average Bonchev–Trinajstić information content (AvgIpc) is 2.36. The predicted molar refractivity (Wildman–Crippen MR) is 76.2 cm³/mol. The van der Waals surface area contributed by atoms with Crippen molar-refractivity contribution in [3.63, 3.8) is 0 Å². The number of amides is 2. The molecule has 19 heavy (non-hydrogen) atoms. The molecule has 0 aromatic heterocycles. The second kappa shape index (κ2) is 7.44. The summed E-state index contributed by atoms with van der Waals surface area (Å²) in [5, 5.41) is 14.1. The van der Waals surface area contributed by atoms with Gasteiger partial charge < -0.3 is 15.7 Å². The fourth-order valence-corrected chi connectivity index (χ4v) is 1.75. The third-order valence-electron chi connectivity index (χ3n) is 2.24. The summed E-state index contributed by atoms with van der Waals surface area (Å²) >= 11 is 3.13. The van der Waals surface area contributed by atoms with Gasteiger partial charge in [0.05, 0.1) is 5.56 Å². The Morgan fingerprint density at radius 1 is 1.42 bits per heavy atom. The SMILES string of the molecule is C#CCCCNC(=O)Nc1ccc(Br)c(C(=O)O)c1. The van der Waals surface area contributed by atoms with Gasteiger partial charge in [0.2, 0.25) is 0 Å². The van der Waals surface area contributed by atoms with Gasteiger partial charge in [-0.3, -0.25) is 0 Å². The molecule has 3 N–H and O–H groups in total. The largest absolute Gasteiger partial charge is 0.478 e. The lowest BCUT2D eigenvalue weighted by molar-refractivity contribution is 0.0696. The van der Waals surface area contributed by atoms with Crippen LogP contribution >= 0.6 is 15.9 Å². The summed E-state index contributed by atoms with van der Waals surface area (Å²) in [6.45, 7) is 0.471. The zero-order valence-electron chi connectivity index (χ0n) is 10.1. The van der Waals surface area contributed by atoms with Crippen LogP contribution in [0.2, 0.25) is 0 Å². The first-order chi connectivity index (χ1) is 9.04. The van der Waals surface area contributed by atoms with Gasteiger partial charge in [0.15, 0.2) is 0 Å². The number of terminal acetylenes is 1. The van der Waals surface area contributed by atoms with Crippen molar-refractivity contribution < 1.29 is 14.7 Å². The summed E-state index contributed by atoms with van der Waals surface area (Å²) in [7, 11) is 0. The summed E-state index contributed by atoms with van der Waals surface area (Å²) in [6, 6.07) is 4.17. The number of hydrogen-bond donors (Lipinski definition) is 3. The molecule has 5 nitrogen and oxygen atoms in total. The third-order valence-corrected chi connectivity index (χ3v) is 2.93. The topological polar surface area (TPSA) is 78.4 Å². The van der Waals surface area contributed by atoms with Crippen molar-refractivity contribution >= 4 is 33.6 Å². The van der Waals surface area contributed by atoms with Crippen LogP contribution in [0.5, 0.6) is 0 Å². The lowest BCUT2D eigenvalue weighted by Crippen LogP contribution is -2.29. The minimum atomic E-state index is -1.06. The van der Waals surface area contributed by atoms with Crippen LogP contribution in [-0.4, -0.2) is 23.7 Å². The highest BCUT2D eigenvalue weighted by atomic mass is 79.9. The first-order valence-corrected chi connectivity index (χ1v) is 6.35. The van der Waals surface area contributed by atoms with Crippen molar-refractivity contribution in [2.45, 2.75) is 12.8 Å². The number of nitrogens with one attached hydrogen (secondary N) is 2. The van der Waals surface area contributed by atoms with Gasteiger partial charge in [-0.1, -0.05) is 0 Å². The standard InChI is InChI=1S/C13H13BrN2O3/c1-2-3-4-7-15-13(19)16-9-5-6-11(14)10(8-9)12(17)18/h1,5-6,8H,3-4,7H2,(H,17,18)(H2,15,16,19). The van der Waals surface area contributed by atoms with E-state index in [9.17, 15) is 9.59 Å². The van der Waals surface area contributed by atoms with Crippen molar-refractivity contribution in [1.29, 1.82) is 0 Å². The number of rotatable bonds is 5. The number of benzene rings is 1. The Balaban J connectivity index is 2.58. The minimum Gasteiger partial charge on any atom is -0.478 e. The van der Waals surface area contributed by atoms with E-state index in [2.05, 4.69) is 32.5 Å². The number of anilines is 1. The monoisotopic (exact) mass is 324 g/mol. The first kappa shape index (κ1) is 15.1. The number of carboxylic acid groups (broad SMARTS) is 1. The summed E-state index contributed by atoms with van der Waals surface area (Å²) in [5.74, 6) is 1.41. The molecule has 0 spiro atoms. The molecule has 0 aliphatic carbocycles. The van der Waals surface area contributed by atoms with E-state index in [4.69, 9.17) is 11.5 Å². The van der Waals surface area contributed by atoms with Crippen LogP contribution in [0.1, 0.15) is 23.2 Å². The van der Waals surface area contributed by atoms with E-state index in [1.165, 1.54) is 6.07 Å². The van der Waals surface area contributed by atoms with E-state index in [1.54, 1.807) is 12.1 Å². The zero-order valence-corrected chi connectivity index (χ0v) is 11.7. The Morgan fingerprint density at radius 3 is 2.79 bits per heavy atom. The second-order valence-electron chi connectivity index (χ2n) is 3.69. The predicted octanol–water partition coefficient (Wildman–Crippen LogP) is 2.68. The van der Waals surface area contributed by atoms with Crippen molar-refractivity contribution in [3.8, 4) is 12.3 Å². The van der Waals surface area contributed by atoms with Gasteiger partial charge >= 0.3 is 12.0 Å². The summed E-state index contributed by atoms with van der Waals surface area (Å²) < 4.78 is 0.458. The highest BCUT2D eigenvalue weighted by Gasteiger charge is 2.10. The van der Waals surface area contributed by atoms with Gasteiger partial charge in [-0.25, -0.2) is 9.59 Å². The molecular formula is C13H13BrN2O3. The average molecular weight is 325 g/mol. The Kier molecular flexibility index (Phi) is 5.90. The molecule has 1 aromatic carbocycles. The van der Waals surface area contributed by atoms with Crippen molar-refractivity contribution in [3.05, 3.63) is 28.2 Å². The molecular weight excluding hydrogens is 312 g/mol. The highest BCUT2D eigenvalue weighted by molar-refractivity contribution is 9.10. The Bertz CT molecular complexity index is 523. The van der Waals surface area contributed by atoms with Crippen LogP contribution in [0.15, 0.2) is 22.7 Å². The van der Waals surface area contributed by atoms with E-state index in [0.717, 1.165) is 0 Å². The van der Waals surface area contributed by atoms with E-state index in [0.29, 0.717) is 29.5 Å². The van der Waals surface area contributed by atoms with E-state index >= 15 is 0 Å². The fourth-order valence-electron chi connectivity index (χ4n) is 1.33. The number of carbonyl (C=O) groups excluding carboxylic acids is 1. The molecule has 0 radical (unpaired) electrons. The quantitative estimate of drug-likeness (QED) is 0.575. The molecule has 0 unspecified atom stereocenters. The van der Waals surface area contributed by atoms with Crippen molar-refractivity contribution in [2.24, 2.45) is 0 Å². The van der Waals surface area contributed by atoms with Gasteiger partial charge in [-0.15, -0.1) is 12.3 Å². The maximum Gasteiger partial charge on any atom is 0.336 e. The molecule has 0 atom stereocenters. The van der Waals surface area contributed by atoms with Crippen LogP contribution in [0.4, 0.5) is 10.5 Å². The molecule has 1 aromatic rings. The lowest BCUT2D eigenvalue weighted by Gasteiger charge is -2.08. The third kappa shape index (κ3) is 5.02. The highest BCUT2D eigenvalue weighted by Crippen LogP contribution is 2.21. The van der Waals surface area contributed by atoms with Gasteiger partial charge in [0.1, 0.15) is 0 Å². The normalized spacial score (nSPS) is 9.47. The maximum atomic E-state index is 11.5. The van der Waals surface area contributed by atoms with Crippen LogP contribution in [0, 0.1) is 12.3 Å². The number of urea groups is 1. The van der Waals surface area contributed by atoms with Crippen LogP contribution in [0.3, 0.4) is 0 Å². The molecule has 0 saturated carbocycles. The van der Waals surface area contributed by atoms with E-state index in [-0.39, 0.29) is 5.56 Å². The molecule has 1 rings (SSSR count). The van der Waals surface area contributed by atoms with Crippen LogP contribution in [-0.2, 0) is 0 Å². The summed E-state index contributed by atoms with van der Waals surface area (Å²) in [4.78, 5) is 22.4. The molecule has 6 heteroatoms. The second-order valence-corrected chi connectivity index (χ2v) is 4.54. The fraction of sp³-hybridized carbons (Fsp3) is 0.231. The first-order valence-electron chi connectivity index (χ1n) is 5.55. The summed E-state index contributed by atoms with van der Waals surface area (Å²) in [6.07, 6.45) is 6.39. The maximum absolute atomic E-state index is 11.5. The Hall–Kier alpha value is -2.00. The van der Waals surface area contributed by atoms with Crippen LogP contribution < -0.4 is 10.6 Å². The number of carbonyl (C=O) groups is 2. The minimum absolute atomic E-state index is 0.0881.